The zero-order valence-corrected chi connectivity index (χ0v) is 12.8. The molecule has 3 nitrogen and oxygen atoms in total. The topological polar surface area (TPSA) is 32.7 Å². The molecule has 0 fully saturated rings. The van der Waals surface area contributed by atoms with E-state index in [1.165, 1.54) is 5.56 Å². The number of aliphatic hydroxyl groups is 1. The summed E-state index contributed by atoms with van der Waals surface area (Å²) < 4.78 is 5.21. The lowest BCUT2D eigenvalue weighted by Crippen LogP contribution is -2.45. The van der Waals surface area contributed by atoms with E-state index in [9.17, 15) is 5.11 Å². The normalized spacial score (nSPS) is 16.4. The summed E-state index contributed by atoms with van der Waals surface area (Å²) in [6.45, 7) is 9.95. The van der Waals surface area contributed by atoms with Crippen molar-refractivity contribution >= 4 is 0 Å². The molecular formula is C16H27NO2. The number of likely N-dealkylation sites (N-methyl/N-ethyl adjacent to an activating group) is 1. The molecule has 0 radical (unpaired) electrons. The summed E-state index contributed by atoms with van der Waals surface area (Å²) in [4.78, 5) is 2.27. The highest BCUT2D eigenvalue weighted by molar-refractivity contribution is 5.24. The molecule has 0 bridgehead atoms. The molecule has 0 aliphatic rings. The highest BCUT2D eigenvalue weighted by Crippen LogP contribution is 2.22. The number of ether oxygens (including phenoxy) is 1. The van der Waals surface area contributed by atoms with Crippen LogP contribution in [0.5, 0.6) is 0 Å². The maximum absolute atomic E-state index is 10.5. The molecule has 0 saturated carbocycles. The maximum atomic E-state index is 10.5. The second-order valence-electron chi connectivity index (χ2n) is 5.23. The molecule has 0 heterocycles. The monoisotopic (exact) mass is 265 g/mol. The Balaban J connectivity index is 2.78. The van der Waals surface area contributed by atoms with Crippen LogP contribution in [-0.2, 0) is 4.74 Å². The number of aryl methyl sites for hydroxylation is 1. The smallest absolute Gasteiger partial charge is 0.0942 e. The number of hydrogen-bond donors (Lipinski definition) is 1. The van der Waals surface area contributed by atoms with Crippen molar-refractivity contribution in [1.29, 1.82) is 0 Å². The largest absolute Gasteiger partial charge is 0.387 e. The molecule has 108 valence electrons. The summed E-state index contributed by atoms with van der Waals surface area (Å²) in [5.74, 6) is 0. The minimum absolute atomic E-state index is 0.0675. The van der Waals surface area contributed by atoms with Gasteiger partial charge in [0.05, 0.1) is 12.7 Å². The van der Waals surface area contributed by atoms with Gasteiger partial charge in [-0.1, -0.05) is 36.8 Å². The minimum Gasteiger partial charge on any atom is -0.387 e. The molecule has 1 aromatic rings. The lowest BCUT2D eigenvalue weighted by Gasteiger charge is -2.36. The molecule has 3 unspecified atom stereocenters. The van der Waals surface area contributed by atoms with Gasteiger partial charge in [-0.25, -0.2) is 0 Å². The quantitative estimate of drug-likeness (QED) is 0.823. The number of benzene rings is 1. The Morgan fingerprint density at radius 3 is 2.26 bits per heavy atom. The van der Waals surface area contributed by atoms with E-state index in [-0.39, 0.29) is 6.04 Å². The predicted octanol–water partition coefficient (Wildman–Crippen LogP) is 2.77. The van der Waals surface area contributed by atoms with E-state index in [2.05, 4.69) is 32.6 Å². The van der Waals surface area contributed by atoms with Gasteiger partial charge in [0.25, 0.3) is 0 Å². The number of hydrogen-bond acceptors (Lipinski definition) is 3. The number of rotatable bonds is 7. The Hall–Kier alpha value is -0.900. The van der Waals surface area contributed by atoms with Gasteiger partial charge in [-0.05, 0) is 32.9 Å². The van der Waals surface area contributed by atoms with Crippen LogP contribution < -0.4 is 0 Å². The predicted molar refractivity (Wildman–Crippen MR) is 79.3 cm³/mol. The van der Waals surface area contributed by atoms with Crippen LogP contribution in [0.4, 0.5) is 0 Å². The van der Waals surface area contributed by atoms with Crippen molar-refractivity contribution in [3.05, 3.63) is 35.4 Å². The van der Waals surface area contributed by atoms with Crippen LogP contribution in [0.1, 0.15) is 38.0 Å². The van der Waals surface area contributed by atoms with Crippen LogP contribution in [0.2, 0.25) is 0 Å². The highest BCUT2D eigenvalue weighted by atomic mass is 16.5. The zero-order valence-electron chi connectivity index (χ0n) is 12.8. The molecular weight excluding hydrogens is 238 g/mol. The summed E-state index contributed by atoms with van der Waals surface area (Å²) in [5, 5.41) is 10.5. The fraction of sp³-hybridized carbons (Fsp3) is 0.625. The van der Waals surface area contributed by atoms with Crippen LogP contribution in [0.3, 0.4) is 0 Å². The molecule has 1 aromatic carbocycles. The van der Waals surface area contributed by atoms with E-state index >= 15 is 0 Å². The molecule has 1 N–H and O–H groups in total. The summed E-state index contributed by atoms with van der Waals surface area (Å²) in [6.07, 6.45) is -0.472. The molecule has 1 rings (SSSR count). The third kappa shape index (κ3) is 4.30. The van der Waals surface area contributed by atoms with Crippen LogP contribution in [0.15, 0.2) is 24.3 Å². The van der Waals surface area contributed by atoms with Gasteiger partial charge in [0.1, 0.15) is 0 Å². The maximum Gasteiger partial charge on any atom is 0.0942 e. The Morgan fingerprint density at radius 1 is 1.21 bits per heavy atom. The molecule has 0 amide bonds. The fourth-order valence-corrected chi connectivity index (χ4v) is 2.56. The molecule has 3 atom stereocenters. The van der Waals surface area contributed by atoms with Gasteiger partial charge in [-0.3, -0.25) is 4.90 Å². The van der Waals surface area contributed by atoms with Crippen molar-refractivity contribution in [1.82, 2.24) is 4.90 Å². The van der Waals surface area contributed by atoms with E-state index in [0.29, 0.717) is 12.6 Å². The van der Waals surface area contributed by atoms with Crippen molar-refractivity contribution in [2.75, 3.05) is 20.3 Å². The average molecular weight is 265 g/mol. The second kappa shape index (κ2) is 7.63. The highest BCUT2D eigenvalue weighted by Gasteiger charge is 2.25. The average Bonchev–Trinajstić information content (AvgIpc) is 2.39. The lowest BCUT2D eigenvalue weighted by molar-refractivity contribution is 0.0149. The molecule has 0 spiro atoms. The van der Waals surface area contributed by atoms with Crippen molar-refractivity contribution in [2.24, 2.45) is 0 Å². The van der Waals surface area contributed by atoms with E-state index in [1.54, 1.807) is 7.11 Å². The number of methoxy groups -OCH3 is 1. The zero-order chi connectivity index (χ0) is 14.4. The van der Waals surface area contributed by atoms with Crippen molar-refractivity contribution < 1.29 is 9.84 Å². The first-order valence-electron chi connectivity index (χ1n) is 7.00. The van der Waals surface area contributed by atoms with E-state index < -0.39 is 6.10 Å². The van der Waals surface area contributed by atoms with Crippen molar-refractivity contribution in [3.8, 4) is 0 Å². The summed E-state index contributed by atoms with van der Waals surface area (Å²) in [5.41, 5.74) is 2.19. The van der Waals surface area contributed by atoms with Crippen molar-refractivity contribution in [2.45, 2.75) is 45.9 Å². The molecule has 0 aliphatic heterocycles. The van der Waals surface area contributed by atoms with Crippen LogP contribution >= 0.6 is 0 Å². The van der Waals surface area contributed by atoms with E-state index in [1.807, 2.05) is 24.3 Å². The van der Waals surface area contributed by atoms with Crippen molar-refractivity contribution in [3.63, 3.8) is 0 Å². The second-order valence-corrected chi connectivity index (χ2v) is 5.23. The third-order valence-electron chi connectivity index (χ3n) is 3.74. The summed E-state index contributed by atoms with van der Waals surface area (Å²) in [6, 6.07) is 8.46. The van der Waals surface area contributed by atoms with Crippen LogP contribution in [0, 0.1) is 6.92 Å². The summed E-state index contributed by atoms with van der Waals surface area (Å²) >= 11 is 0. The molecule has 0 aromatic heterocycles. The van der Waals surface area contributed by atoms with Gasteiger partial charge in [0.2, 0.25) is 0 Å². The first kappa shape index (κ1) is 16.2. The summed E-state index contributed by atoms with van der Waals surface area (Å²) in [7, 11) is 1.71. The first-order valence-corrected chi connectivity index (χ1v) is 7.00. The van der Waals surface area contributed by atoms with Gasteiger partial charge < -0.3 is 9.84 Å². The number of aliphatic hydroxyl groups excluding tert-OH is 1. The molecule has 19 heavy (non-hydrogen) atoms. The standard InChI is InChI=1S/C16H27NO2/c1-6-17(13(3)11-19-5)14(4)16(18)15-9-7-12(2)8-10-15/h7-10,13-14,16,18H,6,11H2,1-5H3. The molecule has 0 saturated heterocycles. The van der Waals surface area contributed by atoms with Gasteiger partial charge >= 0.3 is 0 Å². The molecule has 3 heteroatoms. The number of nitrogens with zero attached hydrogens (tertiary/aromatic N) is 1. The fourth-order valence-electron chi connectivity index (χ4n) is 2.56. The van der Waals surface area contributed by atoms with Gasteiger partial charge in [-0.2, -0.15) is 0 Å². The minimum atomic E-state index is -0.472. The Morgan fingerprint density at radius 2 is 1.79 bits per heavy atom. The van der Waals surface area contributed by atoms with Crippen LogP contribution in [0.25, 0.3) is 0 Å². The van der Waals surface area contributed by atoms with Gasteiger partial charge in [0, 0.05) is 19.2 Å². The van der Waals surface area contributed by atoms with E-state index in [4.69, 9.17) is 4.74 Å². The first-order chi connectivity index (χ1) is 9.01. The molecule has 0 aliphatic carbocycles. The SMILES string of the molecule is CCN(C(C)COC)C(C)C(O)c1ccc(C)cc1. The Labute approximate surface area is 117 Å². The van der Waals surface area contributed by atoms with Gasteiger partial charge in [-0.15, -0.1) is 0 Å². The van der Waals surface area contributed by atoms with E-state index in [0.717, 1.165) is 12.1 Å². The van der Waals surface area contributed by atoms with Gasteiger partial charge in [0.15, 0.2) is 0 Å². The van der Waals surface area contributed by atoms with Crippen LogP contribution in [-0.4, -0.2) is 42.4 Å². The Kier molecular flexibility index (Phi) is 6.49. The Bertz CT molecular complexity index is 364. The third-order valence-corrected chi connectivity index (χ3v) is 3.74. The lowest BCUT2D eigenvalue weighted by atomic mass is 10.00.